The lowest BCUT2D eigenvalue weighted by Gasteiger charge is -2.23. The Labute approximate surface area is 155 Å². The summed E-state index contributed by atoms with van der Waals surface area (Å²) in [7, 11) is -2.85. The Morgan fingerprint density at radius 2 is 1.72 bits per heavy atom. The highest BCUT2D eigenvalue weighted by Gasteiger charge is 2.27. The molecule has 25 heavy (non-hydrogen) atoms. The summed E-state index contributed by atoms with van der Waals surface area (Å²) in [6.45, 7) is 14.3. The fraction of sp³-hybridized carbons (Fsp3) is 0.611. The van der Waals surface area contributed by atoms with Crippen LogP contribution in [-0.4, -0.2) is 38.4 Å². The summed E-state index contributed by atoms with van der Waals surface area (Å²) in [6, 6.07) is 3.70. The van der Waals surface area contributed by atoms with Crippen molar-refractivity contribution in [2.75, 3.05) is 19.7 Å². The lowest BCUT2D eigenvalue weighted by atomic mass is 9.85. The average molecular weight is 388 g/mol. The standard InChI is InChI=1S/C18H29NO4S2/c1-8-19(9-2)25(21,22)24-16-13(4)11-14(18(5,6)7)12-15(16)17(20)23-10-3/h11-12H,8-10H2,1-7H3. The molecule has 0 unspecified atom stereocenters. The van der Waals surface area contributed by atoms with Crippen LogP contribution in [0.2, 0.25) is 0 Å². The summed E-state index contributed by atoms with van der Waals surface area (Å²) in [5.74, 6) is -0.492. The number of aryl methyl sites for hydroxylation is 1. The van der Waals surface area contributed by atoms with E-state index in [1.54, 1.807) is 26.8 Å². The summed E-state index contributed by atoms with van der Waals surface area (Å²) in [5, 5.41) is 0. The summed E-state index contributed by atoms with van der Waals surface area (Å²) in [5.41, 5.74) is 1.88. The normalized spacial score (nSPS) is 12.5. The van der Waals surface area contributed by atoms with Gasteiger partial charge in [0.1, 0.15) is 0 Å². The molecule has 0 spiro atoms. The Morgan fingerprint density at radius 3 is 2.16 bits per heavy atom. The minimum absolute atomic E-state index is 0.160. The Bertz CT molecular complexity index is 717. The zero-order valence-electron chi connectivity index (χ0n) is 16.2. The van der Waals surface area contributed by atoms with Gasteiger partial charge in [0.2, 0.25) is 0 Å². The zero-order chi connectivity index (χ0) is 19.4. The first-order valence-corrected chi connectivity index (χ1v) is 11.3. The molecule has 0 aliphatic rings. The van der Waals surface area contributed by atoms with E-state index in [4.69, 9.17) is 4.74 Å². The number of benzene rings is 1. The van der Waals surface area contributed by atoms with Crippen LogP contribution < -0.4 is 0 Å². The van der Waals surface area contributed by atoms with Gasteiger partial charge in [-0.25, -0.2) is 13.2 Å². The molecule has 1 aromatic carbocycles. The third-order valence-corrected chi connectivity index (χ3v) is 7.68. The largest absolute Gasteiger partial charge is 0.462 e. The molecule has 0 atom stereocenters. The van der Waals surface area contributed by atoms with Crippen LogP contribution in [0.25, 0.3) is 0 Å². The van der Waals surface area contributed by atoms with Crippen molar-refractivity contribution in [3.63, 3.8) is 0 Å². The van der Waals surface area contributed by atoms with Crippen LogP contribution in [0.4, 0.5) is 0 Å². The molecular formula is C18H29NO4S2. The predicted octanol–water partition coefficient (Wildman–Crippen LogP) is 4.15. The maximum absolute atomic E-state index is 12.7. The molecule has 7 heteroatoms. The summed E-state index contributed by atoms with van der Waals surface area (Å²) in [4.78, 5) is 12.9. The molecule has 0 bridgehead atoms. The van der Waals surface area contributed by atoms with Crippen LogP contribution in [0, 0.1) is 6.92 Å². The lowest BCUT2D eigenvalue weighted by molar-refractivity contribution is 0.0522. The zero-order valence-corrected chi connectivity index (χ0v) is 17.8. The highest BCUT2D eigenvalue weighted by Crippen LogP contribution is 2.37. The molecule has 0 heterocycles. The molecule has 142 valence electrons. The van der Waals surface area contributed by atoms with Crippen molar-refractivity contribution < 1.29 is 17.9 Å². The Hall–Kier alpha value is -1.05. The third-order valence-electron chi connectivity index (χ3n) is 3.85. The van der Waals surface area contributed by atoms with Crippen LogP contribution in [0.1, 0.15) is 63.0 Å². The first-order chi connectivity index (χ1) is 11.5. The Morgan fingerprint density at radius 1 is 1.16 bits per heavy atom. The predicted molar refractivity (Wildman–Crippen MR) is 104 cm³/mol. The van der Waals surface area contributed by atoms with Crippen molar-refractivity contribution in [3.8, 4) is 0 Å². The summed E-state index contributed by atoms with van der Waals surface area (Å²) in [6.07, 6.45) is 0. The Kier molecular flexibility index (Phi) is 7.53. The molecule has 0 radical (unpaired) electrons. The lowest BCUT2D eigenvalue weighted by Crippen LogP contribution is -2.28. The van der Waals surface area contributed by atoms with Gasteiger partial charge in [-0.2, -0.15) is 4.31 Å². The van der Waals surface area contributed by atoms with Crippen molar-refractivity contribution in [2.24, 2.45) is 0 Å². The van der Waals surface area contributed by atoms with Gasteiger partial charge in [0, 0.05) is 28.8 Å². The van der Waals surface area contributed by atoms with E-state index in [0.29, 0.717) is 23.5 Å². The molecule has 1 rings (SSSR count). The second kappa shape index (κ2) is 8.56. The van der Waals surface area contributed by atoms with E-state index in [2.05, 4.69) is 20.8 Å². The van der Waals surface area contributed by atoms with Crippen molar-refractivity contribution in [2.45, 2.75) is 58.8 Å². The molecule has 0 aromatic heterocycles. The van der Waals surface area contributed by atoms with E-state index >= 15 is 0 Å². The minimum Gasteiger partial charge on any atom is -0.462 e. The SMILES string of the molecule is CCOC(=O)c1cc(C(C)(C)C)cc(C)c1SS(=O)(=O)N(CC)CC. The van der Waals surface area contributed by atoms with E-state index in [1.165, 1.54) is 4.31 Å². The molecule has 1 aromatic rings. The molecule has 0 saturated carbocycles. The summed E-state index contributed by atoms with van der Waals surface area (Å²) >= 11 is 0. The van der Waals surface area contributed by atoms with Gasteiger partial charge in [0.25, 0.3) is 9.06 Å². The van der Waals surface area contributed by atoms with Crippen LogP contribution in [0.5, 0.6) is 0 Å². The molecular weight excluding hydrogens is 358 g/mol. The summed E-state index contributed by atoms with van der Waals surface area (Å²) < 4.78 is 31.9. The first kappa shape index (κ1) is 22.0. The molecule has 0 saturated heterocycles. The molecule has 0 aliphatic carbocycles. The number of hydrogen-bond donors (Lipinski definition) is 0. The van der Waals surface area contributed by atoms with Gasteiger partial charge < -0.3 is 4.74 Å². The van der Waals surface area contributed by atoms with Crippen molar-refractivity contribution in [3.05, 3.63) is 28.8 Å². The average Bonchev–Trinajstić information content (AvgIpc) is 2.48. The van der Waals surface area contributed by atoms with Crippen LogP contribution in [0.3, 0.4) is 0 Å². The highest BCUT2D eigenvalue weighted by molar-refractivity contribution is 8.71. The van der Waals surface area contributed by atoms with Gasteiger partial charge >= 0.3 is 5.97 Å². The van der Waals surface area contributed by atoms with Crippen LogP contribution >= 0.6 is 10.8 Å². The number of carbonyl (C=O) groups is 1. The number of carbonyl (C=O) groups excluding carboxylic acids is 1. The third kappa shape index (κ3) is 5.46. The maximum Gasteiger partial charge on any atom is 0.339 e. The van der Waals surface area contributed by atoms with Gasteiger partial charge in [-0.1, -0.05) is 40.7 Å². The second-order valence-electron chi connectivity index (χ2n) is 6.77. The monoisotopic (exact) mass is 387 g/mol. The van der Waals surface area contributed by atoms with Gasteiger partial charge in [0.05, 0.1) is 12.2 Å². The number of nitrogens with zero attached hydrogens (tertiary/aromatic N) is 1. The topological polar surface area (TPSA) is 63.7 Å². The number of esters is 1. The number of rotatable bonds is 7. The van der Waals surface area contributed by atoms with Crippen LogP contribution in [0.15, 0.2) is 17.0 Å². The highest BCUT2D eigenvalue weighted by atomic mass is 33.1. The van der Waals surface area contributed by atoms with Gasteiger partial charge in [0.15, 0.2) is 0 Å². The molecule has 5 nitrogen and oxygen atoms in total. The van der Waals surface area contributed by atoms with Gasteiger partial charge in [-0.05, 0) is 36.5 Å². The smallest absolute Gasteiger partial charge is 0.339 e. The maximum atomic E-state index is 12.7. The van der Waals surface area contributed by atoms with Crippen molar-refractivity contribution >= 4 is 25.8 Å². The fourth-order valence-corrected chi connectivity index (χ4v) is 5.99. The molecule has 0 amide bonds. The first-order valence-electron chi connectivity index (χ1n) is 8.49. The van der Waals surface area contributed by atoms with E-state index in [0.717, 1.165) is 21.9 Å². The molecule has 0 N–H and O–H groups in total. The van der Waals surface area contributed by atoms with E-state index in [9.17, 15) is 13.2 Å². The minimum atomic E-state index is -3.58. The number of ether oxygens (including phenoxy) is 1. The number of hydrogen-bond acceptors (Lipinski definition) is 5. The van der Waals surface area contributed by atoms with E-state index < -0.39 is 15.0 Å². The molecule has 0 fully saturated rings. The fourth-order valence-electron chi connectivity index (χ4n) is 2.38. The quantitative estimate of drug-likeness (QED) is 0.519. The van der Waals surface area contributed by atoms with Crippen molar-refractivity contribution in [1.82, 2.24) is 4.31 Å². The van der Waals surface area contributed by atoms with Gasteiger partial charge in [-0.15, -0.1) is 0 Å². The second-order valence-corrected chi connectivity index (χ2v) is 10.5. The van der Waals surface area contributed by atoms with Crippen LogP contribution in [-0.2, 0) is 19.2 Å². The van der Waals surface area contributed by atoms with E-state index in [-0.39, 0.29) is 12.0 Å². The van der Waals surface area contributed by atoms with Crippen molar-refractivity contribution in [1.29, 1.82) is 0 Å². The molecule has 0 aliphatic heterocycles. The van der Waals surface area contributed by atoms with E-state index in [1.807, 2.05) is 13.0 Å². The van der Waals surface area contributed by atoms with Gasteiger partial charge in [-0.3, -0.25) is 0 Å². The Balaban J connectivity index is 3.51.